The molecular weight excluding hydrogens is 637 g/mol. The first-order valence-electron chi connectivity index (χ1n) is 19.0. The smallest absolute Gasteiger partial charge is 0.137 e. The Morgan fingerprint density at radius 1 is 0.712 bits per heavy atom. The molecule has 0 N–H and O–H groups in total. The van der Waals surface area contributed by atoms with Crippen molar-refractivity contribution in [1.29, 1.82) is 0 Å². The van der Waals surface area contributed by atoms with Crippen molar-refractivity contribution in [2.45, 2.75) is 99.3 Å². The van der Waals surface area contributed by atoms with Crippen LogP contribution >= 0.6 is 0 Å². The lowest BCUT2D eigenvalue weighted by molar-refractivity contribution is 0.478. The molecule has 4 aromatic carbocycles. The van der Waals surface area contributed by atoms with Crippen LogP contribution in [0.15, 0.2) is 97.5 Å². The predicted octanol–water partition coefficient (Wildman–Crippen LogP) is 12.7. The number of benzene rings is 4. The SMILES string of the molecule is CCCCc1c(C)cc(C)c(CCCC)c1-c1cnn(-c2cc(Oc3ccc4c5ccccc5n(-c5cc(C)ccn5)c4c3)cc(C(C)(C)C)c2)c1. The van der Waals surface area contributed by atoms with Crippen molar-refractivity contribution < 1.29 is 4.74 Å². The summed E-state index contributed by atoms with van der Waals surface area (Å²) in [5, 5.41) is 7.37. The molecule has 3 heterocycles. The quantitative estimate of drug-likeness (QED) is 0.136. The highest BCUT2D eigenvalue weighted by Gasteiger charge is 2.21. The van der Waals surface area contributed by atoms with Crippen molar-refractivity contribution in [3.05, 3.63) is 131 Å². The Balaban J connectivity index is 1.32. The summed E-state index contributed by atoms with van der Waals surface area (Å²) >= 11 is 0. The number of fused-ring (bicyclic) bond motifs is 3. The molecule has 5 heteroatoms. The summed E-state index contributed by atoms with van der Waals surface area (Å²) in [6.07, 6.45) is 13.1. The van der Waals surface area contributed by atoms with E-state index in [1.54, 1.807) is 0 Å². The molecule has 0 aliphatic carbocycles. The Labute approximate surface area is 309 Å². The summed E-state index contributed by atoms with van der Waals surface area (Å²) in [5.41, 5.74) is 13.7. The molecule has 7 rings (SSSR count). The van der Waals surface area contributed by atoms with E-state index in [4.69, 9.17) is 14.8 Å². The Morgan fingerprint density at radius 2 is 1.42 bits per heavy atom. The van der Waals surface area contributed by atoms with E-state index in [9.17, 15) is 0 Å². The topological polar surface area (TPSA) is 44.9 Å². The molecule has 7 aromatic rings. The van der Waals surface area contributed by atoms with Crippen LogP contribution in [0.1, 0.15) is 93.7 Å². The molecule has 0 saturated heterocycles. The molecule has 0 radical (unpaired) electrons. The molecule has 0 bridgehead atoms. The number of ether oxygens (including phenoxy) is 1. The molecule has 0 saturated carbocycles. The fourth-order valence-electron chi connectivity index (χ4n) is 7.62. The lowest BCUT2D eigenvalue weighted by Gasteiger charge is -2.21. The number of pyridine rings is 1. The zero-order valence-electron chi connectivity index (χ0n) is 32.2. The van der Waals surface area contributed by atoms with Crippen LogP contribution in [0.4, 0.5) is 0 Å². The molecule has 3 aromatic heterocycles. The van der Waals surface area contributed by atoms with Crippen LogP contribution in [0.3, 0.4) is 0 Å². The third kappa shape index (κ3) is 6.89. The second kappa shape index (κ2) is 14.5. The minimum atomic E-state index is -0.0916. The molecule has 0 aliphatic heterocycles. The van der Waals surface area contributed by atoms with Crippen LogP contribution in [0, 0.1) is 20.8 Å². The number of para-hydroxylation sites is 1. The summed E-state index contributed by atoms with van der Waals surface area (Å²) in [5.74, 6) is 2.46. The van der Waals surface area contributed by atoms with Gasteiger partial charge in [-0.1, -0.05) is 71.7 Å². The summed E-state index contributed by atoms with van der Waals surface area (Å²) in [6, 6.07) is 28.0. The van der Waals surface area contributed by atoms with Crippen LogP contribution in [0.25, 0.3) is 44.4 Å². The lowest BCUT2D eigenvalue weighted by Crippen LogP contribution is -2.12. The summed E-state index contributed by atoms with van der Waals surface area (Å²) in [7, 11) is 0. The number of nitrogens with zero attached hydrogens (tertiary/aromatic N) is 4. The fourth-order valence-corrected chi connectivity index (χ4v) is 7.62. The van der Waals surface area contributed by atoms with Gasteiger partial charge in [0.25, 0.3) is 0 Å². The first-order valence-corrected chi connectivity index (χ1v) is 19.0. The maximum absolute atomic E-state index is 6.77. The number of hydrogen-bond donors (Lipinski definition) is 0. The second-order valence-corrected chi connectivity index (χ2v) is 15.5. The summed E-state index contributed by atoms with van der Waals surface area (Å²) in [4.78, 5) is 4.77. The maximum atomic E-state index is 6.77. The van der Waals surface area contributed by atoms with E-state index in [-0.39, 0.29) is 5.41 Å². The first-order chi connectivity index (χ1) is 25.0. The summed E-state index contributed by atoms with van der Waals surface area (Å²) in [6.45, 7) is 18.0. The zero-order valence-corrected chi connectivity index (χ0v) is 32.2. The minimum absolute atomic E-state index is 0.0916. The molecule has 0 atom stereocenters. The van der Waals surface area contributed by atoms with E-state index in [0.717, 1.165) is 46.9 Å². The van der Waals surface area contributed by atoms with Crippen LogP contribution in [-0.4, -0.2) is 19.3 Å². The normalized spacial score (nSPS) is 11.9. The Kier molecular flexibility index (Phi) is 9.80. The average Bonchev–Trinajstić information content (AvgIpc) is 3.73. The van der Waals surface area contributed by atoms with Crippen molar-refractivity contribution >= 4 is 21.8 Å². The number of aromatic nitrogens is 4. The second-order valence-electron chi connectivity index (χ2n) is 15.5. The first kappa shape index (κ1) is 35.3. The van der Waals surface area contributed by atoms with Crippen LogP contribution in [0.2, 0.25) is 0 Å². The van der Waals surface area contributed by atoms with Gasteiger partial charge in [0.05, 0.1) is 22.9 Å². The molecule has 266 valence electrons. The largest absolute Gasteiger partial charge is 0.457 e. The lowest BCUT2D eigenvalue weighted by atomic mass is 9.85. The molecule has 0 fully saturated rings. The van der Waals surface area contributed by atoms with Gasteiger partial charge < -0.3 is 4.74 Å². The van der Waals surface area contributed by atoms with Crippen molar-refractivity contribution in [3.63, 3.8) is 0 Å². The van der Waals surface area contributed by atoms with Crippen LogP contribution in [0.5, 0.6) is 11.5 Å². The number of aryl methyl sites for hydroxylation is 3. The molecule has 52 heavy (non-hydrogen) atoms. The van der Waals surface area contributed by atoms with Gasteiger partial charge in [0.2, 0.25) is 0 Å². The maximum Gasteiger partial charge on any atom is 0.137 e. The van der Waals surface area contributed by atoms with Crippen LogP contribution in [-0.2, 0) is 18.3 Å². The van der Waals surface area contributed by atoms with Gasteiger partial charge >= 0.3 is 0 Å². The van der Waals surface area contributed by atoms with Gasteiger partial charge in [-0.2, -0.15) is 5.10 Å². The standard InChI is InChI=1S/C47H52N4O/c1-9-11-15-39-32(4)24-33(5)40(16-12-10-2)46(39)34-29-49-50(30-34)36-25-35(47(6,7)8)26-38(27-36)52-37-19-20-42-41-17-13-14-18-43(41)51(44(42)28-37)45-23-31(3)21-22-48-45/h13-14,17-30H,9-12,15-16H2,1-8H3. The zero-order chi connectivity index (χ0) is 36.6. The van der Waals surface area contributed by atoms with Gasteiger partial charge in [-0.15, -0.1) is 0 Å². The highest BCUT2D eigenvalue weighted by atomic mass is 16.5. The van der Waals surface area contributed by atoms with Crippen molar-refractivity contribution in [3.8, 4) is 34.1 Å². The van der Waals surface area contributed by atoms with Crippen molar-refractivity contribution in [1.82, 2.24) is 19.3 Å². The molecule has 0 aliphatic rings. The third-order valence-corrected chi connectivity index (χ3v) is 10.5. The molecule has 0 spiro atoms. The highest BCUT2D eigenvalue weighted by molar-refractivity contribution is 6.09. The van der Waals surface area contributed by atoms with E-state index in [0.29, 0.717) is 0 Å². The monoisotopic (exact) mass is 688 g/mol. The molecular formula is C47H52N4O. The van der Waals surface area contributed by atoms with Crippen molar-refractivity contribution in [2.75, 3.05) is 0 Å². The van der Waals surface area contributed by atoms with Gasteiger partial charge in [-0.05, 0) is 133 Å². The van der Waals surface area contributed by atoms with E-state index >= 15 is 0 Å². The Morgan fingerprint density at radius 3 is 2.12 bits per heavy atom. The Hall–Kier alpha value is -5.16. The fraction of sp³-hybridized carbons (Fsp3) is 0.319. The van der Waals surface area contributed by atoms with Crippen LogP contribution < -0.4 is 4.74 Å². The van der Waals surface area contributed by atoms with Gasteiger partial charge in [0, 0.05) is 40.9 Å². The molecule has 5 nitrogen and oxygen atoms in total. The number of hydrogen-bond acceptors (Lipinski definition) is 3. The number of unbranched alkanes of at least 4 members (excludes halogenated alkanes) is 2. The van der Waals surface area contributed by atoms with Gasteiger partial charge in [-0.3, -0.25) is 4.57 Å². The van der Waals surface area contributed by atoms with E-state index in [1.165, 1.54) is 81.0 Å². The van der Waals surface area contributed by atoms with Gasteiger partial charge in [0.1, 0.15) is 17.3 Å². The minimum Gasteiger partial charge on any atom is -0.457 e. The highest BCUT2D eigenvalue weighted by Crippen LogP contribution is 2.38. The van der Waals surface area contributed by atoms with Gasteiger partial charge in [-0.25, -0.2) is 9.67 Å². The van der Waals surface area contributed by atoms with Crippen molar-refractivity contribution in [2.24, 2.45) is 0 Å². The Bertz CT molecular complexity index is 2350. The van der Waals surface area contributed by atoms with E-state index in [1.807, 2.05) is 16.9 Å². The third-order valence-electron chi connectivity index (χ3n) is 10.5. The predicted molar refractivity (Wildman–Crippen MR) is 218 cm³/mol. The molecule has 0 unspecified atom stereocenters. The molecule has 0 amide bonds. The average molecular weight is 689 g/mol. The van der Waals surface area contributed by atoms with E-state index < -0.39 is 0 Å². The van der Waals surface area contributed by atoms with Gasteiger partial charge in [0.15, 0.2) is 0 Å². The van der Waals surface area contributed by atoms with E-state index in [2.05, 4.69) is 145 Å². The number of rotatable bonds is 11. The summed E-state index contributed by atoms with van der Waals surface area (Å²) < 4.78 is 11.0.